The van der Waals surface area contributed by atoms with E-state index in [1.165, 1.54) is 4.90 Å². The fourth-order valence-corrected chi connectivity index (χ4v) is 3.38. The van der Waals surface area contributed by atoms with Gasteiger partial charge in [-0.2, -0.15) is 5.26 Å². The van der Waals surface area contributed by atoms with E-state index < -0.39 is 11.6 Å². The van der Waals surface area contributed by atoms with Crippen molar-refractivity contribution < 1.29 is 9.59 Å². The van der Waals surface area contributed by atoms with Crippen molar-refractivity contribution in [3.05, 3.63) is 77.5 Å². The number of pyridine rings is 1. The van der Waals surface area contributed by atoms with Gasteiger partial charge in [-0.25, -0.2) is 4.79 Å². The first-order valence-electron chi connectivity index (χ1n) is 8.50. The molecule has 1 aliphatic rings. The monoisotopic (exact) mass is 356 g/mol. The first-order valence-corrected chi connectivity index (χ1v) is 8.50. The zero-order valence-electron chi connectivity index (χ0n) is 14.6. The molecule has 1 aromatic heterocycles. The molecule has 1 aliphatic heterocycles. The Balaban J connectivity index is 1.67. The lowest BCUT2D eigenvalue weighted by Crippen LogP contribution is -2.40. The highest BCUT2D eigenvalue weighted by Gasteiger charge is 2.48. The lowest BCUT2D eigenvalue weighted by Gasteiger charge is -2.22. The number of hydrogen-bond acceptors (Lipinski definition) is 4. The Hall–Kier alpha value is -3.72. The summed E-state index contributed by atoms with van der Waals surface area (Å²) < 4.78 is 0. The van der Waals surface area contributed by atoms with E-state index in [2.05, 4.69) is 10.3 Å². The molecule has 6 heteroatoms. The summed E-state index contributed by atoms with van der Waals surface area (Å²) in [5, 5.41) is 12.7. The van der Waals surface area contributed by atoms with Crippen LogP contribution in [-0.4, -0.2) is 21.8 Å². The SMILES string of the molecule is C[C@]1(c2ccc(C#N)cc2)NC(=O)N(Cc2cccc3cccnc23)C1=O. The smallest absolute Gasteiger partial charge is 0.319 e. The first kappa shape index (κ1) is 16.7. The molecule has 2 aromatic carbocycles. The van der Waals surface area contributed by atoms with Crippen molar-refractivity contribution in [1.29, 1.82) is 5.26 Å². The van der Waals surface area contributed by atoms with Crippen molar-refractivity contribution in [3.8, 4) is 6.07 Å². The molecule has 27 heavy (non-hydrogen) atoms. The fraction of sp³-hybridized carbons (Fsp3) is 0.143. The Labute approximate surface area is 156 Å². The van der Waals surface area contributed by atoms with Crippen LogP contribution in [0.25, 0.3) is 10.9 Å². The normalized spacial score (nSPS) is 19.2. The molecule has 1 fully saturated rings. The number of hydrogen-bond donors (Lipinski definition) is 1. The van der Waals surface area contributed by atoms with Gasteiger partial charge in [0.2, 0.25) is 0 Å². The second kappa shape index (κ2) is 6.22. The van der Waals surface area contributed by atoms with Gasteiger partial charge in [0.05, 0.1) is 23.7 Å². The van der Waals surface area contributed by atoms with E-state index in [9.17, 15) is 9.59 Å². The van der Waals surface area contributed by atoms with Crippen LogP contribution in [0.5, 0.6) is 0 Å². The van der Waals surface area contributed by atoms with Crippen LogP contribution in [0.1, 0.15) is 23.6 Å². The summed E-state index contributed by atoms with van der Waals surface area (Å²) in [7, 11) is 0. The number of fused-ring (bicyclic) bond motifs is 1. The van der Waals surface area contributed by atoms with E-state index in [0.29, 0.717) is 11.1 Å². The van der Waals surface area contributed by atoms with Crippen molar-refractivity contribution in [2.75, 3.05) is 0 Å². The lowest BCUT2D eigenvalue weighted by atomic mass is 9.91. The van der Waals surface area contributed by atoms with E-state index in [4.69, 9.17) is 5.26 Å². The Morgan fingerprint density at radius 2 is 1.85 bits per heavy atom. The van der Waals surface area contributed by atoms with Crippen molar-refractivity contribution in [2.45, 2.75) is 19.0 Å². The van der Waals surface area contributed by atoms with Gasteiger partial charge in [-0.1, -0.05) is 36.4 Å². The predicted octanol–water partition coefficient (Wildman–Crippen LogP) is 3.07. The number of imide groups is 1. The van der Waals surface area contributed by atoms with Crippen LogP contribution in [0.3, 0.4) is 0 Å². The minimum absolute atomic E-state index is 0.144. The summed E-state index contributed by atoms with van der Waals surface area (Å²) in [6, 6.07) is 17.8. The highest BCUT2D eigenvalue weighted by molar-refractivity contribution is 6.07. The van der Waals surface area contributed by atoms with Gasteiger partial charge < -0.3 is 5.32 Å². The highest BCUT2D eigenvalue weighted by Crippen LogP contribution is 2.30. The topological polar surface area (TPSA) is 86.1 Å². The first-order chi connectivity index (χ1) is 13.0. The van der Waals surface area contributed by atoms with Crippen LogP contribution in [0.4, 0.5) is 4.79 Å². The molecule has 4 rings (SSSR count). The van der Waals surface area contributed by atoms with E-state index in [-0.39, 0.29) is 12.5 Å². The van der Waals surface area contributed by atoms with Crippen LogP contribution in [-0.2, 0) is 16.9 Å². The van der Waals surface area contributed by atoms with Crippen LogP contribution in [0, 0.1) is 11.3 Å². The minimum atomic E-state index is -1.16. The average molecular weight is 356 g/mol. The van der Waals surface area contributed by atoms with Gasteiger partial charge in [-0.3, -0.25) is 14.7 Å². The molecule has 6 nitrogen and oxygen atoms in total. The number of carbonyl (C=O) groups excluding carboxylic acids is 2. The number of rotatable bonds is 3. The van der Waals surface area contributed by atoms with Crippen LogP contribution >= 0.6 is 0 Å². The molecule has 1 N–H and O–H groups in total. The number of benzene rings is 2. The Morgan fingerprint density at radius 3 is 2.59 bits per heavy atom. The summed E-state index contributed by atoms with van der Waals surface area (Å²) in [6.07, 6.45) is 1.69. The van der Waals surface area contributed by atoms with Crippen LogP contribution in [0.15, 0.2) is 60.8 Å². The molecular weight excluding hydrogens is 340 g/mol. The quantitative estimate of drug-likeness (QED) is 0.731. The molecule has 3 aromatic rings. The average Bonchev–Trinajstić information content (AvgIpc) is 2.92. The minimum Gasteiger partial charge on any atom is -0.319 e. The zero-order valence-corrected chi connectivity index (χ0v) is 14.6. The predicted molar refractivity (Wildman–Crippen MR) is 99.3 cm³/mol. The van der Waals surface area contributed by atoms with Crippen molar-refractivity contribution in [2.24, 2.45) is 0 Å². The number of urea groups is 1. The van der Waals surface area contributed by atoms with Crippen molar-refractivity contribution in [3.63, 3.8) is 0 Å². The molecule has 132 valence electrons. The maximum Gasteiger partial charge on any atom is 0.325 e. The number of aromatic nitrogens is 1. The number of nitrogens with zero attached hydrogens (tertiary/aromatic N) is 3. The molecule has 1 atom stereocenters. The summed E-state index contributed by atoms with van der Waals surface area (Å²) in [4.78, 5) is 31.2. The van der Waals surface area contributed by atoms with Crippen molar-refractivity contribution in [1.82, 2.24) is 15.2 Å². The fourth-order valence-electron chi connectivity index (χ4n) is 3.38. The number of nitriles is 1. The molecule has 0 spiro atoms. The van der Waals surface area contributed by atoms with Gasteiger partial charge in [0.15, 0.2) is 0 Å². The third-order valence-electron chi connectivity index (χ3n) is 4.91. The standard InChI is InChI=1S/C21H16N4O2/c1-21(17-9-7-14(12-22)8-10-17)19(26)25(20(27)24-21)13-16-5-2-4-15-6-3-11-23-18(15)16/h2-11H,13H2,1H3,(H,24,27)/t21-/m1/s1. The molecule has 0 bridgehead atoms. The number of amides is 3. The molecule has 0 saturated carbocycles. The number of para-hydroxylation sites is 1. The molecular formula is C21H16N4O2. The molecule has 3 amide bonds. The van der Waals surface area contributed by atoms with Gasteiger partial charge in [0.25, 0.3) is 5.91 Å². The summed E-state index contributed by atoms with van der Waals surface area (Å²) in [6.45, 7) is 1.82. The third kappa shape index (κ3) is 2.70. The molecule has 0 unspecified atom stereocenters. The summed E-state index contributed by atoms with van der Waals surface area (Å²) in [5.41, 5.74) is 1.55. The molecule has 0 aliphatic carbocycles. The second-order valence-electron chi connectivity index (χ2n) is 6.63. The summed E-state index contributed by atoms with van der Waals surface area (Å²) in [5.74, 6) is -0.329. The Kier molecular flexibility index (Phi) is 3.85. The van der Waals surface area contributed by atoms with E-state index >= 15 is 0 Å². The van der Waals surface area contributed by atoms with Gasteiger partial charge in [-0.05, 0) is 36.2 Å². The van der Waals surface area contributed by atoms with E-state index in [0.717, 1.165) is 16.5 Å². The third-order valence-corrected chi connectivity index (χ3v) is 4.91. The maximum atomic E-state index is 13.1. The lowest BCUT2D eigenvalue weighted by molar-refractivity contribution is -0.131. The van der Waals surface area contributed by atoms with E-state index in [1.807, 2.05) is 36.4 Å². The second-order valence-corrected chi connectivity index (χ2v) is 6.63. The van der Waals surface area contributed by atoms with E-state index in [1.54, 1.807) is 37.4 Å². The highest BCUT2D eigenvalue weighted by atomic mass is 16.2. The van der Waals surface area contributed by atoms with Gasteiger partial charge in [0, 0.05) is 11.6 Å². The molecule has 0 radical (unpaired) electrons. The van der Waals surface area contributed by atoms with Gasteiger partial charge in [-0.15, -0.1) is 0 Å². The van der Waals surface area contributed by atoms with Gasteiger partial charge >= 0.3 is 6.03 Å². The molecule has 1 saturated heterocycles. The zero-order chi connectivity index (χ0) is 19.0. The van der Waals surface area contributed by atoms with Crippen molar-refractivity contribution >= 4 is 22.8 Å². The largest absolute Gasteiger partial charge is 0.325 e. The molecule has 2 heterocycles. The number of carbonyl (C=O) groups is 2. The van der Waals surface area contributed by atoms with Crippen LogP contribution in [0.2, 0.25) is 0 Å². The van der Waals surface area contributed by atoms with Crippen LogP contribution < -0.4 is 5.32 Å². The maximum absolute atomic E-state index is 13.1. The Bertz CT molecular complexity index is 1100. The number of nitrogens with one attached hydrogen (secondary N) is 1. The summed E-state index contributed by atoms with van der Waals surface area (Å²) >= 11 is 0. The van der Waals surface area contributed by atoms with Gasteiger partial charge in [0.1, 0.15) is 5.54 Å². The Morgan fingerprint density at radius 1 is 1.11 bits per heavy atom.